The first-order chi connectivity index (χ1) is 13.2. The SMILES string of the molecule is CCOC(=O)/C(CCO)=C(\c1ccc(S(C)(=O)=O)cc1)c1cc(F)cc(F)c1. The second kappa shape index (κ2) is 9.07. The molecule has 28 heavy (non-hydrogen) atoms. The Morgan fingerprint density at radius 1 is 1.04 bits per heavy atom. The number of ether oxygens (including phenoxy) is 1. The summed E-state index contributed by atoms with van der Waals surface area (Å²) in [5.41, 5.74) is 0.613. The lowest BCUT2D eigenvalue weighted by molar-refractivity contribution is -0.138. The first kappa shape index (κ1) is 21.7. The van der Waals surface area contributed by atoms with Crippen LogP contribution in [0.2, 0.25) is 0 Å². The quantitative estimate of drug-likeness (QED) is 0.560. The van der Waals surface area contributed by atoms with E-state index in [4.69, 9.17) is 4.74 Å². The Balaban J connectivity index is 2.77. The summed E-state index contributed by atoms with van der Waals surface area (Å²) in [6.45, 7) is 1.29. The van der Waals surface area contributed by atoms with Crippen LogP contribution in [-0.2, 0) is 19.4 Å². The molecule has 0 saturated heterocycles. The first-order valence-corrected chi connectivity index (χ1v) is 10.3. The molecule has 5 nitrogen and oxygen atoms in total. The maximum Gasteiger partial charge on any atom is 0.334 e. The summed E-state index contributed by atoms with van der Waals surface area (Å²) in [6.07, 6.45) is 0.941. The topological polar surface area (TPSA) is 80.7 Å². The molecule has 0 radical (unpaired) electrons. The number of hydrogen-bond donors (Lipinski definition) is 1. The van der Waals surface area contributed by atoms with Gasteiger partial charge in [0.1, 0.15) is 11.6 Å². The molecule has 0 aliphatic rings. The molecule has 2 aromatic rings. The molecule has 0 heterocycles. The van der Waals surface area contributed by atoms with Crippen LogP contribution in [0.3, 0.4) is 0 Å². The number of carbonyl (C=O) groups is 1. The minimum absolute atomic E-state index is 0.0291. The second-order valence-electron chi connectivity index (χ2n) is 6.00. The van der Waals surface area contributed by atoms with Crippen LogP contribution in [0.15, 0.2) is 52.9 Å². The summed E-state index contributed by atoms with van der Waals surface area (Å²) in [6, 6.07) is 8.35. The zero-order valence-electron chi connectivity index (χ0n) is 15.4. The van der Waals surface area contributed by atoms with Crippen LogP contribution in [0.25, 0.3) is 5.57 Å². The van der Waals surface area contributed by atoms with E-state index < -0.39 is 34.0 Å². The summed E-state index contributed by atoms with van der Waals surface area (Å²) >= 11 is 0. The zero-order chi connectivity index (χ0) is 20.9. The van der Waals surface area contributed by atoms with Gasteiger partial charge in [-0.05, 0) is 47.9 Å². The normalized spacial score (nSPS) is 12.5. The predicted octanol–water partition coefficient (Wildman–Crippen LogP) is 3.12. The summed E-state index contributed by atoms with van der Waals surface area (Å²) in [4.78, 5) is 12.5. The highest BCUT2D eigenvalue weighted by Gasteiger charge is 2.21. The average Bonchev–Trinajstić information content (AvgIpc) is 2.60. The fraction of sp³-hybridized carbons (Fsp3) is 0.250. The minimum atomic E-state index is -3.45. The standard InChI is InChI=1S/C20H20F2O5S/c1-3-27-20(24)18(8-9-23)19(14-10-15(21)12-16(22)11-14)13-4-6-17(7-5-13)28(2,25)26/h4-7,10-12,23H,3,8-9H2,1-2H3/b19-18+. The van der Waals surface area contributed by atoms with Crippen molar-refractivity contribution in [2.24, 2.45) is 0 Å². The Hall–Kier alpha value is -2.58. The van der Waals surface area contributed by atoms with Crippen LogP contribution in [0.5, 0.6) is 0 Å². The van der Waals surface area contributed by atoms with Crippen LogP contribution in [-0.4, -0.2) is 39.0 Å². The molecule has 0 aliphatic heterocycles. The van der Waals surface area contributed by atoms with Crippen molar-refractivity contribution < 1.29 is 31.8 Å². The van der Waals surface area contributed by atoms with Crippen molar-refractivity contribution in [1.82, 2.24) is 0 Å². The largest absolute Gasteiger partial charge is 0.463 e. The number of hydrogen-bond acceptors (Lipinski definition) is 5. The van der Waals surface area contributed by atoms with Crippen LogP contribution in [0, 0.1) is 11.6 Å². The van der Waals surface area contributed by atoms with Crippen LogP contribution >= 0.6 is 0 Å². The van der Waals surface area contributed by atoms with Gasteiger partial charge in [0, 0.05) is 30.9 Å². The van der Waals surface area contributed by atoms with E-state index in [0.717, 1.165) is 18.4 Å². The van der Waals surface area contributed by atoms with Gasteiger partial charge < -0.3 is 9.84 Å². The number of esters is 1. The number of aliphatic hydroxyl groups excluding tert-OH is 1. The van der Waals surface area contributed by atoms with Gasteiger partial charge in [-0.25, -0.2) is 22.0 Å². The van der Waals surface area contributed by atoms with Gasteiger partial charge in [0.05, 0.1) is 11.5 Å². The molecule has 0 spiro atoms. The van der Waals surface area contributed by atoms with E-state index in [0.29, 0.717) is 11.6 Å². The number of benzene rings is 2. The molecule has 0 atom stereocenters. The Morgan fingerprint density at radius 2 is 1.61 bits per heavy atom. The summed E-state index contributed by atoms with van der Waals surface area (Å²) in [5, 5.41) is 9.39. The molecule has 0 aliphatic carbocycles. The lowest BCUT2D eigenvalue weighted by Crippen LogP contribution is -2.12. The third kappa shape index (κ3) is 5.24. The van der Waals surface area contributed by atoms with Crippen molar-refractivity contribution in [3.05, 3.63) is 70.8 Å². The van der Waals surface area contributed by atoms with Gasteiger partial charge in [0.25, 0.3) is 0 Å². The molecule has 0 unspecified atom stereocenters. The molecule has 150 valence electrons. The predicted molar refractivity (Wildman–Crippen MR) is 100 cm³/mol. The molecular formula is C20H20F2O5S. The van der Waals surface area contributed by atoms with Crippen molar-refractivity contribution in [3.63, 3.8) is 0 Å². The van der Waals surface area contributed by atoms with E-state index in [2.05, 4.69) is 0 Å². The third-order valence-electron chi connectivity index (χ3n) is 3.91. The highest BCUT2D eigenvalue weighted by molar-refractivity contribution is 7.90. The Bertz CT molecular complexity index is 976. The van der Waals surface area contributed by atoms with Gasteiger partial charge in [0.15, 0.2) is 9.84 Å². The molecule has 0 amide bonds. The number of aliphatic hydroxyl groups is 1. The van der Waals surface area contributed by atoms with Crippen molar-refractivity contribution in [1.29, 1.82) is 0 Å². The van der Waals surface area contributed by atoms with E-state index in [1.165, 1.54) is 24.3 Å². The van der Waals surface area contributed by atoms with E-state index in [1.54, 1.807) is 6.92 Å². The summed E-state index contributed by atoms with van der Waals surface area (Å²) < 4.78 is 56.0. The summed E-state index contributed by atoms with van der Waals surface area (Å²) in [5.74, 6) is -2.41. The fourth-order valence-electron chi connectivity index (χ4n) is 2.74. The molecule has 8 heteroatoms. The monoisotopic (exact) mass is 410 g/mol. The van der Waals surface area contributed by atoms with Gasteiger partial charge in [-0.15, -0.1) is 0 Å². The number of carbonyl (C=O) groups excluding carboxylic acids is 1. The molecule has 0 bridgehead atoms. The molecule has 2 aromatic carbocycles. The Labute approximate surface area is 162 Å². The highest BCUT2D eigenvalue weighted by atomic mass is 32.2. The van der Waals surface area contributed by atoms with Gasteiger partial charge >= 0.3 is 5.97 Å². The fourth-order valence-corrected chi connectivity index (χ4v) is 3.37. The van der Waals surface area contributed by atoms with Crippen LogP contribution < -0.4 is 0 Å². The average molecular weight is 410 g/mol. The minimum Gasteiger partial charge on any atom is -0.463 e. The lowest BCUT2D eigenvalue weighted by atomic mass is 9.91. The van der Waals surface area contributed by atoms with Gasteiger partial charge in [-0.3, -0.25) is 0 Å². The first-order valence-electron chi connectivity index (χ1n) is 8.45. The zero-order valence-corrected chi connectivity index (χ0v) is 16.2. The molecule has 0 fully saturated rings. The van der Waals surface area contributed by atoms with Gasteiger partial charge in [0.2, 0.25) is 0 Å². The van der Waals surface area contributed by atoms with Gasteiger partial charge in [-0.2, -0.15) is 0 Å². The van der Waals surface area contributed by atoms with Crippen LogP contribution in [0.4, 0.5) is 8.78 Å². The number of rotatable bonds is 7. The molecule has 1 N–H and O–H groups in total. The van der Waals surface area contributed by atoms with E-state index in [1.807, 2.05) is 0 Å². The smallest absolute Gasteiger partial charge is 0.334 e. The van der Waals surface area contributed by atoms with Crippen molar-refractivity contribution in [2.45, 2.75) is 18.2 Å². The third-order valence-corrected chi connectivity index (χ3v) is 5.04. The molecule has 0 aromatic heterocycles. The van der Waals surface area contributed by atoms with Crippen LogP contribution in [0.1, 0.15) is 24.5 Å². The Morgan fingerprint density at radius 3 is 2.07 bits per heavy atom. The van der Waals surface area contributed by atoms with Crippen molar-refractivity contribution >= 4 is 21.4 Å². The summed E-state index contributed by atoms with van der Waals surface area (Å²) in [7, 11) is -3.45. The van der Waals surface area contributed by atoms with Crippen molar-refractivity contribution in [3.8, 4) is 0 Å². The van der Waals surface area contributed by atoms with Gasteiger partial charge in [-0.1, -0.05) is 12.1 Å². The van der Waals surface area contributed by atoms with Crippen molar-refractivity contribution in [2.75, 3.05) is 19.5 Å². The van der Waals surface area contributed by atoms with E-state index in [9.17, 15) is 27.1 Å². The lowest BCUT2D eigenvalue weighted by Gasteiger charge is -2.16. The maximum atomic E-state index is 13.8. The Kier molecular flexibility index (Phi) is 7.04. The molecule has 2 rings (SSSR count). The van der Waals surface area contributed by atoms with E-state index in [-0.39, 0.29) is 34.6 Å². The number of halogens is 2. The molecule has 0 saturated carbocycles. The molecular weight excluding hydrogens is 390 g/mol. The highest BCUT2D eigenvalue weighted by Crippen LogP contribution is 2.31. The second-order valence-corrected chi connectivity index (χ2v) is 8.02. The van der Waals surface area contributed by atoms with E-state index >= 15 is 0 Å². The number of sulfone groups is 1. The maximum absolute atomic E-state index is 13.8.